The fraction of sp³-hybridized carbons (Fsp3) is 0.200. The zero-order valence-electron chi connectivity index (χ0n) is 8.11. The van der Waals surface area contributed by atoms with Gasteiger partial charge in [-0.2, -0.15) is 0 Å². The Morgan fingerprint density at radius 2 is 1.93 bits per heavy atom. The number of nitrogens with one attached hydrogen (secondary N) is 1. The van der Waals surface area contributed by atoms with E-state index >= 15 is 0 Å². The molecule has 0 saturated heterocycles. The first kappa shape index (κ1) is 8.74. The zero-order valence-corrected chi connectivity index (χ0v) is 8.11. The van der Waals surface area contributed by atoms with E-state index in [2.05, 4.69) is 9.97 Å². The maximum absolute atomic E-state index is 11.1. The quantitative estimate of drug-likeness (QED) is 0.727. The Labute approximate surface area is 81.2 Å². The molecular formula is C10H11N3O. The topological polar surface area (TPSA) is 49.0 Å². The second-order valence-corrected chi connectivity index (χ2v) is 3.32. The summed E-state index contributed by atoms with van der Waals surface area (Å²) in [5, 5.41) is 0.940. The summed E-state index contributed by atoms with van der Waals surface area (Å²) in [5.74, 6) is 0.833. The van der Waals surface area contributed by atoms with E-state index in [0.717, 1.165) is 11.2 Å². The third-order valence-electron chi connectivity index (χ3n) is 2.03. The van der Waals surface area contributed by atoms with E-state index in [4.69, 9.17) is 0 Å². The highest BCUT2D eigenvalue weighted by Crippen LogP contribution is 2.12. The summed E-state index contributed by atoms with van der Waals surface area (Å²) in [6.45, 7) is 0. The number of hydrogen-bond acceptors (Lipinski definition) is 3. The predicted octanol–water partition coefficient (Wildman–Crippen LogP) is 0.989. The summed E-state index contributed by atoms with van der Waals surface area (Å²) in [7, 11) is 3.82. The number of rotatable bonds is 1. The molecule has 1 N–H and O–H groups in total. The second kappa shape index (κ2) is 3.14. The summed E-state index contributed by atoms with van der Waals surface area (Å²) in [4.78, 5) is 19.9. The first-order chi connectivity index (χ1) is 6.66. The molecule has 0 aromatic carbocycles. The van der Waals surface area contributed by atoms with Crippen molar-refractivity contribution in [3.05, 3.63) is 34.6 Å². The number of aromatic amines is 1. The Bertz CT molecular complexity index is 516. The van der Waals surface area contributed by atoms with Crippen LogP contribution in [0.1, 0.15) is 0 Å². The van der Waals surface area contributed by atoms with Gasteiger partial charge in [0.2, 0.25) is 5.56 Å². The number of fused-ring (bicyclic) bond motifs is 1. The minimum Gasteiger partial charge on any atom is -0.363 e. The van der Waals surface area contributed by atoms with Crippen molar-refractivity contribution in [3.8, 4) is 0 Å². The molecule has 2 rings (SSSR count). The molecule has 4 nitrogen and oxygen atoms in total. The fourth-order valence-electron chi connectivity index (χ4n) is 1.27. The number of pyridine rings is 2. The lowest BCUT2D eigenvalue weighted by Gasteiger charge is -2.10. The summed E-state index contributed by atoms with van der Waals surface area (Å²) in [5.41, 5.74) is 0.504. The smallest absolute Gasteiger partial charge is 0.249 e. The van der Waals surface area contributed by atoms with Gasteiger partial charge in [-0.25, -0.2) is 4.98 Å². The molecule has 14 heavy (non-hydrogen) atoms. The second-order valence-electron chi connectivity index (χ2n) is 3.32. The van der Waals surface area contributed by atoms with Crippen LogP contribution in [0.15, 0.2) is 29.1 Å². The van der Waals surface area contributed by atoms with Crippen LogP contribution in [-0.4, -0.2) is 24.1 Å². The highest BCUT2D eigenvalue weighted by atomic mass is 16.1. The van der Waals surface area contributed by atoms with E-state index in [1.54, 1.807) is 6.07 Å². The maximum Gasteiger partial charge on any atom is 0.249 e. The predicted molar refractivity (Wildman–Crippen MR) is 56.7 cm³/mol. The van der Waals surface area contributed by atoms with Crippen LogP contribution in [0.25, 0.3) is 11.0 Å². The molecule has 0 amide bonds. The average Bonchev–Trinajstić information content (AvgIpc) is 2.16. The molecule has 0 atom stereocenters. The molecule has 0 radical (unpaired) electrons. The van der Waals surface area contributed by atoms with Crippen molar-refractivity contribution < 1.29 is 0 Å². The van der Waals surface area contributed by atoms with Gasteiger partial charge in [-0.05, 0) is 18.2 Å². The Hall–Kier alpha value is -1.84. The summed E-state index contributed by atoms with van der Waals surface area (Å²) in [6, 6.07) is 7.12. The molecule has 0 saturated carbocycles. The monoisotopic (exact) mass is 189 g/mol. The standard InChI is InChI=1S/C10H11N3O/c1-13(2)8-5-3-7-4-6-9(14)12-10(7)11-8/h3-6H,1-2H3,(H,11,12,14). The van der Waals surface area contributed by atoms with Crippen molar-refractivity contribution in [2.75, 3.05) is 19.0 Å². The lowest BCUT2D eigenvalue weighted by atomic mass is 10.3. The van der Waals surface area contributed by atoms with Gasteiger partial charge in [0.1, 0.15) is 11.5 Å². The molecule has 0 aliphatic heterocycles. The van der Waals surface area contributed by atoms with Crippen LogP contribution in [0, 0.1) is 0 Å². The SMILES string of the molecule is CN(C)c1ccc2ccc(=O)[nH]c2n1. The molecule has 2 aromatic heterocycles. The van der Waals surface area contributed by atoms with Crippen LogP contribution < -0.4 is 10.5 Å². The Morgan fingerprint density at radius 1 is 1.21 bits per heavy atom. The first-order valence-corrected chi connectivity index (χ1v) is 4.34. The fourth-order valence-corrected chi connectivity index (χ4v) is 1.27. The van der Waals surface area contributed by atoms with Gasteiger partial charge in [0.15, 0.2) is 0 Å². The van der Waals surface area contributed by atoms with E-state index in [0.29, 0.717) is 5.65 Å². The average molecular weight is 189 g/mol. The van der Waals surface area contributed by atoms with E-state index in [9.17, 15) is 4.79 Å². The van der Waals surface area contributed by atoms with Crippen molar-refractivity contribution in [3.63, 3.8) is 0 Å². The molecule has 72 valence electrons. The van der Waals surface area contributed by atoms with E-state index in [1.807, 2.05) is 31.1 Å². The molecular weight excluding hydrogens is 178 g/mol. The van der Waals surface area contributed by atoms with Gasteiger partial charge in [0, 0.05) is 25.5 Å². The van der Waals surface area contributed by atoms with Crippen LogP contribution in [0.3, 0.4) is 0 Å². The maximum atomic E-state index is 11.1. The van der Waals surface area contributed by atoms with Crippen molar-refractivity contribution in [1.29, 1.82) is 0 Å². The minimum absolute atomic E-state index is 0.124. The number of H-pyrrole nitrogens is 1. The summed E-state index contributed by atoms with van der Waals surface area (Å²) in [6.07, 6.45) is 0. The lowest BCUT2D eigenvalue weighted by Crippen LogP contribution is -2.11. The Kier molecular flexibility index (Phi) is 1.96. The highest BCUT2D eigenvalue weighted by molar-refractivity contribution is 5.76. The number of hydrogen-bond donors (Lipinski definition) is 1. The molecule has 0 spiro atoms. The largest absolute Gasteiger partial charge is 0.363 e. The third kappa shape index (κ3) is 1.46. The van der Waals surface area contributed by atoms with E-state index in [-0.39, 0.29) is 5.56 Å². The zero-order chi connectivity index (χ0) is 10.1. The van der Waals surface area contributed by atoms with Gasteiger partial charge in [-0.3, -0.25) is 4.79 Å². The van der Waals surface area contributed by atoms with Crippen molar-refractivity contribution in [2.24, 2.45) is 0 Å². The van der Waals surface area contributed by atoms with Gasteiger partial charge < -0.3 is 9.88 Å². The number of anilines is 1. The molecule has 0 bridgehead atoms. The number of aromatic nitrogens is 2. The third-order valence-corrected chi connectivity index (χ3v) is 2.03. The normalized spacial score (nSPS) is 10.4. The van der Waals surface area contributed by atoms with Gasteiger partial charge in [-0.15, -0.1) is 0 Å². The molecule has 0 aliphatic rings. The highest BCUT2D eigenvalue weighted by Gasteiger charge is 1.99. The van der Waals surface area contributed by atoms with Crippen LogP contribution in [0.4, 0.5) is 5.82 Å². The van der Waals surface area contributed by atoms with Crippen LogP contribution >= 0.6 is 0 Å². The lowest BCUT2D eigenvalue weighted by molar-refractivity contribution is 1.07. The summed E-state index contributed by atoms with van der Waals surface area (Å²) < 4.78 is 0. The van der Waals surface area contributed by atoms with E-state index < -0.39 is 0 Å². The minimum atomic E-state index is -0.124. The van der Waals surface area contributed by atoms with Crippen molar-refractivity contribution >= 4 is 16.9 Å². The Morgan fingerprint density at radius 3 is 2.64 bits per heavy atom. The molecule has 2 heterocycles. The molecule has 2 aromatic rings. The molecule has 0 aliphatic carbocycles. The van der Waals surface area contributed by atoms with Crippen LogP contribution in [-0.2, 0) is 0 Å². The van der Waals surface area contributed by atoms with Gasteiger partial charge in [0.05, 0.1) is 0 Å². The summed E-state index contributed by atoms with van der Waals surface area (Å²) >= 11 is 0. The molecule has 4 heteroatoms. The number of nitrogens with zero attached hydrogens (tertiary/aromatic N) is 2. The van der Waals surface area contributed by atoms with Crippen LogP contribution in [0.2, 0.25) is 0 Å². The molecule has 0 fully saturated rings. The van der Waals surface area contributed by atoms with Gasteiger partial charge >= 0.3 is 0 Å². The molecule has 0 unspecified atom stereocenters. The first-order valence-electron chi connectivity index (χ1n) is 4.34. The van der Waals surface area contributed by atoms with Crippen LogP contribution in [0.5, 0.6) is 0 Å². The Balaban J connectivity index is 2.69. The van der Waals surface area contributed by atoms with Gasteiger partial charge in [-0.1, -0.05) is 0 Å². The van der Waals surface area contributed by atoms with E-state index in [1.165, 1.54) is 6.07 Å². The van der Waals surface area contributed by atoms with Crippen molar-refractivity contribution in [1.82, 2.24) is 9.97 Å². The van der Waals surface area contributed by atoms with Crippen molar-refractivity contribution in [2.45, 2.75) is 0 Å². The van der Waals surface area contributed by atoms with Gasteiger partial charge in [0.25, 0.3) is 0 Å².